The fraction of sp³-hybridized carbons (Fsp3) is 0.182. The molecule has 2 aromatic heterocycles. The molecule has 0 saturated heterocycles. The number of carbonyl (C=O) groups excluding carboxylic acids is 1. The van der Waals surface area contributed by atoms with E-state index in [-0.39, 0.29) is 18.6 Å². The maximum Gasteiger partial charge on any atom is 0.294 e. The minimum Gasteiger partial charge on any atom is -0.485 e. The molecule has 0 saturated carbocycles. The third-order valence-electron chi connectivity index (χ3n) is 5.14. The Morgan fingerprint density at radius 1 is 1.23 bits per heavy atom. The smallest absolute Gasteiger partial charge is 0.294 e. The number of imidazole rings is 1. The van der Waals surface area contributed by atoms with Gasteiger partial charge in [-0.05, 0) is 44.2 Å². The van der Waals surface area contributed by atoms with E-state index in [2.05, 4.69) is 20.5 Å². The third-order valence-corrected chi connectivity index (χ3v) is 5.14. The van der Waals surface area contributed by atoms with Crippen LogP contribution in [-0.2, 0) is 6.61 Å². The van der Waals surface area contributed by atoms with Crippen LogP contribution in [0.2, 0.25) is 0 Å². The summed E-state index contributed by atoms with van der Waals surface area (Å²) in [5, 5.41) is 11.1. The van der Waals surface area contributed by atoms with Gasteiger partial charge < -0.3 is 14.6 Å². The molecule has 1 aliphatic rings. The zero-order valence-corrected chi connectivity index (χ0v) is 16.9. The van der Waals surface area contributed by atoms with E-state index in [9.17, 15) is 9.18 Å². The van der Waals surface area contributed by atoms with E-state index < -0.39 is 6.08 Å². The summed E-state index contributed by atoms with van der Waals surface area (Å²) in [6, 6.07) is 12.5. The summed E-state index contributed by atoms with van der Waals surface area (Å²) in [6.07, 6.45) is 2.47. The molecule has 4 aromatic rings. The number of nitrogens with one attached hydrogen (secondary N) is 1. The molecule has 1 N–H and O–H groups in total. The SMILES string of the molecule is CC(C)n1cnnc1-c1cccc(NC(=O)c2ccc3c(c2)-n2c(cnc2F)CO3)c1. The molecule has 3 heterocycles. The normalized spacial score (nSPS) is 12.3. The zero-order chi connectivity index (χ0) is 21.5. The van der Waals surface area contributed by atoms with Crippen molar-refractivity contribution in [3.63, 3.8) is 0 Å². The van der Waals surface area contributed by atoms with Gasteiger partial charge in [-0.2, -0.15) is 4.39 Å². The molecule has 156 valence electrons. The Kier molecular flexibility index (Phi) is 4.50. The molecule has 0 atom stereocenters. The van der Waals surface area contributed by atoms with Gasteiger partial charge in [0, 0.05) is 22.9 Å². The number of carbonyl (C=O) groups is 1. The van der Waals surface area contributed by atoms with Gasteiger partial charge in [0.05, 0.1) is 17.6 Å². The first kappa shape index (κ1) is 19.0. The van der Waals surface area contributed by atoms with Crippen LogP contribution in [0.3, 0.4) is 0 Å². The molecule has 0 fully saturated rings. The Labute approximate surface area is 177 Å². The van der Waals surface area contributed by atoms with E-state index >= 15 is 0 Å². The van der Waals surface area contributed by atoms with Crippen LogP contribution in [0.4, 0.5) is 10.1 Å². The number of benzene rings is 2. The highest BCUT2D eigenvalue weighted by atomic mass is 19.1. The molecule has 0 radical (unpaired) electrons. The van der Waals surface area contributed by atoms with Crippen molar-refractivity contribution in [1.29, 1.82) is 0 Å². The van der Waals surface area contributed by atoms with E-state index in [1.165, 1.54) is 10.8 Å². The van der Waals surface area contributed by atoms with Crippen LogP contribution >= 0.6 is 0 Å². The summed E-state index contributed by atoms with van der Waals surface area (Å²) in [5.74, 6) is 0.897. The van der Waals surface area contributed by atoms with Crippen molar-refractivity contribution in [2.45, 2.75) is 26.5 Å². The van der Waals surface area contributed by atoms with Gasteiger partial charge in [0.15, 0.2) is 5.82 Å². The number of halogens is 1. The molecular formula is C22H19FN6O2. The summed E-state index contributed by atoms with van der Waals surface area (Å²) < 4.78 is 23.1. The summed E-state index contributed by atoms with van der Waals surface area (Å²) in [5.41, 5.74) is 2.86. The van der Waals surface area contributed by atoms with Crippen LogP contribution < -0.4 is 10.1 Å². The van der Waals surface area contributed by atoms with E-state index in [1.54, 1.807) is 30.6 Å². The molecule has 0 spiro atoms. The van der Waals surface area contributed by atoms with Crippen LogP contribution in [0.5, 0.6) is 5.75 Å². The lowest BCUT2D eigenvalue weighted by atomic mass is 10.1. The number of nitrogens with zero attached hydrogens (tertiary/aromatic N) is 5. The molecular weight excluding hydrogens is 399 g/mol. The van der Waals surface area contributed by atoms with Gasteiger partial charge in [0.25, 0.3) is 12.0 Å². The topological polar surface area (TPSA) is 86.9 Å². The minimum atomic E-state index is -0.640. The Balaban J connectivity index is 1.43. The largest absolute Gasteiger partial charge is 0.485 e. The van der Waals surface area contributed by atoms with Gasteiger partial charge in [-0.3, -0.25) is 9.36 Å². The van der Waals surface area contributed by atoms with Crippen LogP contribution in [0.15, 0.2) is 55.0 Å². The van der Waals surface area contributed by atoms with Crippen molar-refractivity contribution < 1.29 is 13.9 Å². The maximum atomic E-state index is 14.1. The Morgan fingerprint density at radius 3 is 2.94 bits per heavy atom. The van der Waals surface area contributed by atoms with Crippen molar-refractivity contribution >= 4 is 11.6 Å². The number of aromatic nitrogens is 5. The number of amides is 1. The van der Waals surface area contributed by atoms with Gasteiger partial charge in [-0.25, -0.2) is 4.98 Å². The number of fused-ring (bicyclic) bond motifs is 3. The fourth-order valence-corrected chi connectivity index (χ4v) is 3.59. The van der Waals surface area contributed by atoms with Crippen LogP contribution in [0.25, 0.3) is 17.1 Å². The average Bonchev–Trinajstić information content (AvgIpc) is 3.41. The highest BCUT2D eigenvalue weighted by molar-refractivity contribution is 6.05. The van der Waals surface area contributed by atoms with Crippen molar-refractivity contribution in [3.05, 3.63) is 72.3 Å². The standard InChI is InChI=1S/C22H19FN6O2/c1-13(2)28-12-25-27-20(28)14-4-3-5-16(8-14)26-21(30)15-6-7-19-18(9-15)29-17(11-31-19)10-24-22(29)23/h3-10,12-13H,11H2,1-2H3,(H,26,30). The van der Waals surface area contributed by atoms with Crippen molar-refractivity contribution in [2.24, 2.45) is 0 Å². The van der Waals surface area contributed by atoms with E-state index in [0.29, 0.717) is 28.4 Å². The second-order valence-corrected chi connectivity index (χ2v) is 7.52. The summed E-state index contributed by atoms with van der Waals surface area (Å²) in [6.45, 7) is 4.32. The molecule has 2 aromatic carbocycles. The Morgan fingerprint density at radius 2 is 2.10 bits per heavy atom. The van der Waals surface area contributed by atoms with Gasteiger partial charge >= 0.3 is 0 Å². The first-order chi connectivity index (χ1) is 15.0. The highest BCUT2D eigenvalue weighted by Gasteiger charge is 2.22. The maximum absolute atomic E-state index is 14.1. The average molecular weight is 418 g/mol. The van der Waals surface area contributed by atoms with Crippen LogP contribution in [0.1, 0.15) is 35.9 Å². The molecule has 8 nitrogen and oxygen atoms in total. The molecule has 0 bridgehead atoms. The number of hydrogen-bond donors (Lipinski definition) is 1. The van der Waals surface area contributed by atoms with Crippen molar-refractivity contribution in [3.8, 4) is 22.8 Å². The lowest BCUT2D eigenvalue weighted by Crippen LogP contribution is -2.17. The molecule has 1 aliphatic heterocycles. The molecule has 31 heavy (non-hydrogen) atoms. The monoisotopic (exact) mass is 418 g/mol. The fourth-order valence-electron chi connectivity index (χ4n) is 3.59. The molecule has 1 amide bonds. The Hall–Kier alpha value is -4.01. The van der Waals surface area contributed by atoms with E-state index in [0.717, 1.165) is 11.4 Å². The molecule has 0 unspecified atom stereocenters. The van der Waals surface area contributed by atoms with Gasteiger partial charge in [0.2, 0.25) is 0 Å². The van der Waals surface area contributed by atoms with Crippen LogP contribution in [0, 0.1) is 6.08 Å². The first-order valence-corrected chi connectivity index (χ1v) is 9.82. The predicted molar refractivity (Wildman–Crippen MR) is 112 cm³/mol. The lowest BCUT2D eigenvalue weighted by Gasteiger charge is -2.20. The lowest BCUT2D eigenvalue weighted by molar-refractivity contribution is 0.102. The second-order valence-electron chi connectivity index (χ2n) is 7.52. The minimum absolute atomic E-state index is 0.203. The highest BCUT2D eigenvalue weighted by Crippen LogP contribution is 2.32. The molecule has 9 heteroatoms. The van der Waals surface area contributed by atoms with Crippen molar-refractivity contribution in [1.82, 2.24) is 24.3 Å². The quantitative estimate of drug-likeness (QED) is 0.541. The molecule has 5 rings (SSSR count). The van der Waals surface area contributed by atoms with Gasteiger partial charge in [0.1, 0.15) is 18.7 Å². The first-order valence-electron chi connectivity index (χ1n) is 9.82. The predicted octanol–water partition coefficient (Wildman–Crippen LogP) is 4.00. The number of ether oxygens (including phenoxy) is 1. The van der Waals surface area contributed by atoms with Gasteiger partial charge in [-0.15, -0.1) is 10.2 Å². The zero-order valence-electron chi connectivity index (χ0n) is 16.9. The number of hydrogen-bond acceptors (Lipinski definition) is 5. The Bertz CT molecular complexity index is 1290. The number of anilines is 1. The van der Waals surface area contributed by atoms with E-state index in [4.69, 9.17) is 4.74 Å². The summed E-state index contributed by atoms with van der Waals surface area (Å²) in [7, 11) is 0. The summed E-state index contributed by atoms with van der Waals surface area (Å²) >= 11 is 0. The molecule has 0 aliphatic carbocycles. The van der Waals surface area contributed by atoms with E-state index in [1.807, 2.05) is 36.6 Å². The van der Waals surface area contributed by atoms with Crippen molar-refractivity contribution in [2.75, 3.05) is 5.32 Å². The third kappa shape index (κ3) is 3.33. The summed E-state index contributed by atoms with van der Waals surface area (Å²) in [4.78, 5) is 16.6. The van der Waals surface area contributed by atoms with Gasteiger partial charge in [-0.1, -0.05) is 12.1 Å². The number of rotatable bonds is 4. The second kappa shape index (κ2) is 7.35. The van der Waals surface area contributed by atoms with Crippen LogP contribution in [-0.4, -0.2) is 30.2 Å².